The average molecular weight is 276 g/mol. The van der Waals surface area contributed by atoms with E-state index in [2.05, 4.69) is 5.16 Å². The van der Waals surface area contributed by atoms with E-state index >= 15 is 0 Å². The monoisotopic (exact) mass is 276 g/mol. The summed E-state index contributed by atoms with van der Waals surface area (Å²) in [5.41, 5.74) is 2.62. The third-order valence-electron chi connectivity index (χ3n) is 3.64. The Morgan fingerprint density at radius 1 is 1.35 bits per heavy atom. The lowest BCUT2D eigenvalue weighted by molar-refractivity contribution is -0.132. The van der Waals surface area contributed by atoms with Crippen LogP contribution in [0.3, 0.4) is 0 Å². The molecular formula is C15H20N2O3. The Morgan fingerprint density at radius 2 is 2.10 bits per heavy atom. The predicted octanol–water partition coefficient (Wildman–Crippen LogP) is 2.06. The van der Waals surface area contributed by atoms with Gasteiger partial charge in [-0.15, -0.1) is 0 Å². The minimum Gasteiger partial charge on any atom is -0.483 e. The fourth-order valence-electron chi connectivity index (χ4n) is 2.52. The van der Waals surface area contributed by atoms with E-state index in [1.54, 1.807) is 4.90 Å². The lowest BCUT2D eigenvalue weighted by Crippen LogP contribution is -2.34. The summed E-state index contributed by atoms with van der Waals surface area (Å²) in [6, 6.07) is 5.62. The molecule has 0 aliphatic heterocycles. The van der Waals surface area contributed by atoms with Crippen LogP contribution in [0.2, 0.25) is 0 Å². The summed E-state index contributed by atoms with van der Waals surface area (Å²) >= 11 is 0. The molecule has 108 valence electrons. The number of hydrogen-bond donors (Lipinski definition) is 1. The molecule has 1 aromatic rings. The van der Waals surface area contributed by atoms with Gasteiger partial charge in [0.2, 0.25) is 0 Å². The third kappa shape index (κ3) is 2.76. The van der Waals surface area contributed by atoms with Gasteiger partial charge >= 0.3 is 0 Å². The first-order valence-corrected chi connectivity index (χ1v) is 6.95. The van der Waals surface area contributed by atoms with Crippen LogP contribution in [0.25, 0.3) is 0 Å². The number of fused-ring (bicyclic) bond motifs is 1. The Labute approximate surface area is 118 Å². The molecule has 0 radical (unpaired) electrons. The zero-order valence-corrected chi connectivity index (χ0v) is 11.9. The number of nitrogens with zero attached hydrogens (tertiary/aromatic N) is 2. The van der Waals surface area contributed by atoms with E-state index in [1.165, 1.54) is 0 Å². The maximum absolute atomic E-state index is 11.9. The first-order chi connectivity index (χ1) is 9.71. The van der Waals surface area contributed by atoms with Crippen molar-refractivity contribution in [3.05, 3.63) is 29.3 Å². The van der Waals surface area contributed by atoms with Gasteiger partial charge in [-0.2, -0.15) is 0 Å². The van der Waals surface area contributed by atoms with Crippen molar-refractivity contribution in [3.63, 3.8) is 0 Å². The number of oxime groups is 1. The molecule has 0 unspecified atom stereocenters. The van der Waals surface area contributed by atoms with Crippen LogP contribution in [0.1, 0.15) is 31.4 Å². The van der Waals surface area contributed by atoms with Crippen LogP contribution >= 0.6 is 0 Å². The maximum atomic E-state index is 11.9. The predicted molar refractivity (Wildman–Crippen MR) is 76.5 cm³/mol. The quantitative estimate of drug-likeness (QED) is 0.661. The molecule has 2 rings (SSSR count). The van der Waals surface area contributed by atoms with Gasteiger partial charge in [0.25, 0.3) is 5.91 Å². The van der Waals surface area contributed by atoms with Crippen molar-refractivity contribution in [2.45, 2.75) is 26.7 Å². The zero-order valence-electron chi connectivity index (χ0n) is 11.9. The number of carbonyl (C=O) groups is 1. The third-order valence-corrected chi connectivity index (χ3v) is 3.64. The van der Waals surface area contributed by atoms with Crippen LogP contribution in [0, 0.1) is 0 Å². The Morgan fingerprint density at radius 3 is 2.75 bits per heavy atom. The minimum absolute atomic E-state index is 0.0124. The fraction of sp³-hybridized carbons (Fsp3) is 0.467. The number of benzene rings is 1. The van der Waals surface area contributed by atoms with Gasteiger partial charge in [-0.25, -0.2) is 0 Å². The van der Waals surface area contributed by atoms with Gasteiger partial charge in [0.15, 0.2) is 6.61 Å². The first-order valence-electron chi connectivity index (χ1n) is 6.95. The Hall–Kier alpha value is -2.04. The topological polar surface area (TPSA) is 62.1 Å². The van der Waals surface area contributed by atoms with Gasteiger partial charge in [-0.05, 0) is 32.8 Å². The summed E-state index contributed by atoms with van der Waals surface area (Å²) in [6.45, 7) is 5.32. The molecule has 0 aromatic heterocycles. The van der Waals surface area contributed by atoms with Crippen LogP contribution < -0.4 is 4.74 Å². The molecular weight excluding hydrogens is 256 g/mol. The fourth-order valence-corrected chi connectivity index (χ4v) is 2.52. The molecule has 1 N–H and O–H groups in total. The number of hydrogen-bond acceptors (Lipinski definition) is 4. The van der Waals surface area contributed by atoms with Crippen molar-refractivity contribution in [2.24, 2.45) is 5.16 Å². The molecule has 5 nitrogen and oxygen atoms in total. The molecule has 1 aliphatic rings. The number of likely N-dealkylation sites (N-methyl/N-ethyl adjacent to an activating group) is 1. The van der Waals surface area contributed by atoms with Crippen molar-refractivity contribution >= 4 is 11.6 Å². The van der Waals surface area contributed by atoms with E-state index in [9.17, 15) is 4.79 Å². The highest BCUT2D eigenvalue weighted by Gasteiger charge is 2.22. The number of rotatable bonds is 5. The average Bonchev–Trinajstić information content (AvgIpc) is 2.90. The lowest BCUT2D eigenvalue weighted by Gasteiger charge is -2.19. The zero-order chi connectivity index (χ0) is 14.5. The van der Waals surface area contributed by atoms with E-state index in [4.69, 9.17) is 9.94 Å². The molecule has 1 aliphatic carbocycles. The molecule has 0 bridgehead atoms. The Kier molecular flexibility index (Phi) is 4.61. The molecule has 0 saturated carbocycles. The highest BCUT2D eigenvalue weighted by molar-refractivity contribution is 6.04. The van der Waals surface area contributed by atoms with Crippen LogP contribution in [0.15, 0.2) is 23.4 Å². The van der Waals surface area contributed by atoms with Crippen molar-refractivity contribution < 1.29 is 14.7 Å². The van der Waals surface area contributed by atoms with E-state index < -0.39 is 0 Å². The van der Waals surface area contributed by atoms with Gasteiger partial charge in [0.1, 0.15) is 5.75 Å². The SMILES string of the molecule is CCN(CC)C(=O)COc1cccc2c1CCC2=NO. The smallest absolute Gasteiger partial charge is 0.260 e. The summed E-state index contributed by atoms with van der Waals surface area (Å²) in [5.74, 6) is 0.698. The second-order valence-corrected chi connectivity index (χ2v) is 4.68. The van der Waals surface area contributed by atoms with Crippen molar-refractivity contribution in [1.82, 2.24) is 4.90 Å². The Balaban J connectivity index is 2.09. The molecule has 0 fully saturated rings. The van der Waals surface area contributed by atoms with E-state index in [0.717, 1.165) is 17.5 Å². The van der Waals surface area contributed by atoms with Crippen LogP contribution in [0.5, 0.6) is 5.75 Å². The van der Waals surface area contributed by atoms with E-state index in [-0.39, 0.29) is 12.5 Å². The van der Waals surface area contributed by atoms with Crippen molar-refractivity contribution in [1.29, 1.82) is 0 Å². The van der Waals surface area contributed by atoms with Crippen molar-refractivity contribution in [2.75, 3.05) is 19.7 Å². The summed E-state index contributed by atoms with van der Waals surface area (Å²) in [5, 5.41) is 12.3. The van der Waals surface area contributed by atoms with E-state index in [0.29, 0.717) is 31.0 Å². The van der Waals surface area contributed by atoms with Gasteiger partial charge in [0.05, 0.1) is 5.71 Å². The molecule has 5 heteroatoms. The summed E-state index contributed by atoms with van der Waals surface area (Å²) < 4.78 is 5.66. The molecule has 1 amide bonds. The number of carbonyl (C=O) groups excluding carboxylic acids is 1. The van der Waals surface area contributed by atoms with Crippen LogP contribution in [-0.2, 0) is 11.2 Å². The molecule has 0 saturated heterocycles. The highest BCUT2D eigenvalue weighted by Crippen LogP contribution is 2.30. The molecule has 0 spiro atoms. The van der Waals surface area contributed by atoms with Gasteiger partial charge < -0.3 is 14.8 Å². The second-order valence-electron chi connectivity index (χ2n) is 4.68. The van der Waals surface area contributed by atoms with Crippen LogP contribution in [-0.4, -0.2) is 41.4 Å². The molecule has 1 aromatic carbocycles. The largest absolute Gasteiger partial charge is 0.483 e. The molecule has 20 heavy (non-hydrogen) atoms. The van der Waals surface area contributed by atoms with Gasteiger partial charge in [-0.3, -0.25) is 4.79 Å². The normalized spacial score (nSPS) is 15.2. The number of amides is 1. The summed E-state index contributed by atoms with van der Waals surface area (Å²) in [4.78, 5) is 13.7. The summed E-state index contributed by atoms with van der Waals surface area (Å²) in [7, 11) is 0. The minimum atomic E-state index is -0.0124. The molecule has 0 heterocycles. The van der Waals surface area contributed by atoms with Gasteiger partial charge in [0, 0.05) is 24.2 Å². The number of ether oxygens (including phenoxy) is 1. The highest BCUT2D eigenvalue weighted by atomic mass is 16.5. The lowest BCUT2D eigenvalue weighted by atomic mass is 10.1. The van der Waals surface area contributed by atoms with E-state index in [1.807, 2.05) is 32.0 Å². The van der Waals surface area contributed by atoms with Gasteiger partial charge in [-0.1, -0.05) is 17.3 Å². The van der Waals surface area contributed by atoms with Crippen LogP contribution in [0.4, 0.5) is 0 Å². The summed E-state index contributed by atoms with van der Waals surface area (Å²) in [6.07, 6.45) is 1.49. The standard InChI is InChI=1S/C15H20N2O3/c1-3-17(4-2)15(18)10-20-14-7-5-6-11-12(14)8-9-13(11)16-19/h5-7,19H,3-4,8-10H2,1-2H3. The molecule has 0 atom stereocenters. The maximum Gasteiger partial charge on any atom is 0.260 e. The Bertz CT molecular complexity index is 522. The first kappa shape index (κ1) is 14.4. The second kappa shape index (κ2) is 6.41. The van der Waals surface area contributed by atoms with Crippen molar-refractivity contribution in [3.8, 4) is 5.75 Å².